The molecule has 0 bridgehead atoms. The van der Waals surface area contributed by atoms with Gasteiger partial charge in [0.15, 0.2) is 11.5 Å². The van der Waals surface area contributed by atoms with Crippen LogP contribution in [0.3, 0.4) is 0 Å². The summed E-state index contributed by atoms with van der Waals surface area (Å²) in [6, 6.07) is 3.88. The number of benzene rings is 1. The van der Waals surface area contributed by atoms with Gasteiger partial charge in [0.05, 0.1) is 0 Å². The molecule has 3 rings (SSSR count). The first kappa shape index (κ1) is 13.4. The maximum atomic E-state index is 11.6. The molecule has 1 saturated heterocycles. The van der Waals surface area contributed by atoms with Crippen molar-refractivity contribution in [2.24, 2.45) is 0 Å². The van der Waals surface area contributed by atoms with Crippen LogP contribution >= 0.6 is 15.9 Å². The van der Waals surface area contributed by atoms with Gasteiger partial charge in [0.2, 0.25) is 18.6 Å². The molecule has 0 radical (unpaired) electrons. The number of rotatable bonds is 4. The van der Waals surface area contributed by atoms with Gasteiger partial charge in [-0.25, -0.2) is 0 Å². The van der Waals surface area contributed by atoms with Gasteiger partial charge in [0, 0.05) is 24.7 Å². The summed E-state index contributed by atoms with van der Waals surface area (Å²) in [7, 11) is 0. The third kappa shape index (κ3) is 2.40. The summed E-state index contributed by atoms with van der Waals surface area (Å²) in [6.07, 6.45) is 1.31. The second-order valence-electron chi connectivity index (χ2n) is 4.80. The number of carbonyl (C=O) groups excluding carboxylic acids is 2. The van der Waals surface area contributed by atoms with Crippen LogP contribution in [-0.2, 0) is 21.3 Å². The first-order valence-electron chi connectivity index (χ1n) is 6.49. The molecular formula is C14H14BrNO4. The van der Waals surface area contributed by atoms with Crippen molar-refractivity contribution in [1.29, 1.82) is 0 Å². The molecule has 0 saturated carbocycles. The molecule has 0 atom stereocenters. The van der Waals surface area contributed by atoms with Crippen molar-refractivity contribution >= 4 is 27.7 Å². The van der Waals surface area contributed by atoms with Gasteiger partial charge in [-0.3, -0.25) is 14.5 Å². The quantitative estimate of drug-likeness (QED) is 0.622. The topological polar surface area (TPSA) is 55.8 Å². The van der Waals surface area contributed by atoms with Gasteiger partial charge in [-0.2, -0.15) is 0 Å². The number of halogens is 1. The van der Waals surface area contributed by atoms with E-state index in [-0.39, 0.29) is 18.6 Å². The van der Waals surface area contributed by atoms with E-state index >= 15 is 0 Å². The second kappa shape index (κ2) is 5.44. The van der Waals surface area contributed by atoms with Crippen molar-refractivity contribution in [2.45, 2.75) is 24.6 Å². The van der Waals surface area contributed by atoms with E-state index in [1.807, 2.05) is 12.1 Å². The summed E-state index contributed by atoms with van der Waals surface area (Å²) in [5.74, 6) is 1.33. The molecule has 0 unspecified atom stereocenters. The van der Waals surface area contributed by atoms with Crippen molar-refractivity contribution in [2.75, 3.05) is 13.3 Å². The zero-order valence-corrected chi connectivity index (χ0v) is 12.4. The van der Waals surface area contributed by atoms with Crippen LogP contribution in [0, 0.1) is 0 Å². The van der Waals surface area contributed by atoms with E-state index < -0.39 is 0 Å². The van der Waals surface area contributed by atoms with Gasteiger partial charge in [-0.15, -0.1) is 0 Å². The molecule has 106 valence electrons. The lowest BCUT2D eigenvalue weighted by Crippen LogP contribution is -2.31. The Morgan fingerprint density at radius 3 is 2.25 bits per heavy atom. The van der Waals surface area contributed by atoms with E-state index in [0.29, 0.717) is 31.1 Å². The minimum Gasteiger partial charge on any atom is -0.454 e. The Bertz CT molecular complexity index is 557. The van der Waals surface area contributed by atoms with Gasteiger partial charge >= 0.3 is 0 Å². The SMILES string of the molecule is O=C1CCC(=O)N1CCc1cc2c(cc1CBr)OCO2. The Labute approximate surface area is 125 Å². The van der Waals surface area contributed by atoms with Crippen LogP contribution in [0.1, 0.15) is 24.0 Å². The summed E-state index contributed by atoms with van der Waals surface area (Å²) in [5, 5.41) is 0.695. The average molecular weight is 340 g/mol. The van der Waals surface area contributed by atoms with Gasteiger partial charge in [0.1, 0.15) is 0 Å². The van der Waals surface area contributed by atoms with E-state index in [2.05, 4.69) is 15.9 Å². The van der Waals surface area contributed by atoms with Crippen LogP contribution in [0.15, 0.2) is 12.1 Å². The standard InChI is InChI=1S/C14H14BrNO4/c15-7-10-6-12-11(19-8-20-12)5-9(10)3-4-16-13(17)1-2-14(16)18/h5-6H,1-4,7-8H2. The molecule has 20 heavy (non-hydrogen) atoms. The lowest BCUT2D eigenvalue weighted by Gasteiger charge is -2.15. The molecule has 2 aliphatic rings. The number of amides is 2. The van der Waals surface area contributed by atoms with Crippen molar-refractivity contribution in [1.82, 2.24) is 4.90 Å². The zero-order chi connectivity index (χ0) is 14.1. The molecule has 1 aromatic carbocycles. The number of imide groups is 1. The largest absolute Gasteiger partial charge is 0.454 e. The summed E-state index contributed by atoms with van der Waals surface area (Å²) in [4.78, 5) is 24.5. The van der Waals surface area contributed by atoms with Crippen molar-refractivity contribution in [3.05, 3.63) is 23.3 Å². The van der Waals surface area contributed by atoms with Crippen molar-refractivity contribution in [3.63, 3.8) is 0 Å². The Balaban J connectivity index is 1.77. The molecule has 0 aromatic heterocycles. The predicted molar refractivity (Wildman–Crippen MR) is 74.9 cm³/mol. The minimum atomic E-state index is -0.0730. The average Bonchev–Trinajstić information content (AvgIpc) is 3.02. The molecular weight excluding hydrogens is 326 g/mol. The normalized spacial score (nSPS) is 17.1. The van der Waals surface area contributed by atoms with Crippen LogP contribution in [0.2, 0.25) is 0 Å². The summed E-state index contributed by atoms with van der Waals surface area (Å²) in [5.41, 5.74) is 2.16. The van der Waals surface area contributed by atoms with E-state index in [1.54, 1.807) is 0 Å². The lowest BCUT2D eigenvalue weighted by molar-refractivity contribution is -0.138. The van der Waals surface area contributed by atoms with Crippen LogP contribution in [0.4, 0.5) is 0 Å². The first-order valence-corrected chi connectivity index (χ1v) is 7.61. The van der Waals surface area contributed by atoms with Crippen LogP contribution in [-0.4, -0.2) is 30.1 Å². The minimum absolute atomic E-state index is 0.0730. The number of likely N-dealkylation sites (tertiary alicyclic amines) is 1. The molecule has 2 heterocycles. The number of alkyl halides is 1. The Kier molecular flexibility index (Phi) is 3.65. The maximum absolute atomic E-state index is 11.6. The van der Waals surface area contributed by atoms with Crippen LogP contribution < -0.4 is 9.47 Å². The highest BCUT2D eigenvalue weighted by Gasteiger charge is 2.28. The van der Waals surface area contributed by atoms with Crippen LogP contribution in [0.5, 0.6) is 11.5 Å². The summed E-state index contributed by atoms with van der Waals surface area (Å²) in [6.45, 7) is 0.668. The summed E-state index contributed by atoms with van der Waals surface area (Å²) >= 11 is 3.45. The Morgan fingerprint density at radius 1 is 1.05 bits per heavy atom. The fraction of sp³-hybridized carbons (Fsp3) is 0.429. The number of ether oxygens (including phenoxy) is 2. The van der Waals surface area contributed by atoms with E-state index in [1.165, 1.54) is 4.90 Å². The maximum Gasteiger partial charge on any atom is 0.231 e. The highest BCUT2D eigenvalue weighted by atomic mass is 79.9. The van der Waals surface area contributed by atoms with Crippen molar-refractivity contribution in [3.8, 4) is 11.5 Å². The zero-order valence-electron chi connectivity index (χ0n) is 10.9. The number of nitrogens with zero attached hydrogens (tertiary/aromatic N) is 1. The first-order chi connectivity index (χ1) is 9.69. The molecule has 1 aromatic rings. The number of fused-ring (bicyclic) bond motifs is 1. The third-order valence-electron chi connectivity index (χ3n) is 3.60. The monoisotopic (exact) mass is 339 g/mol. The van der Waals surface area contributed by atoms with Gasteiger partial charge in [0.25, 0.3) is 0 Å². The highest BCUT2D eigenvalue weighted by molar-refractivity contribution is 9.08. The molecule has 1 fully saturated rings. The fourth-order valence-electron chi connectivity index (χ4n) is 2.49. The van der Waals surface area contributed by atoms with Gasteiger partial charge in [-0.1, -0.05) is 15.9 Å². The molecule has 5 nitrogen and oxygen atoms in total. The predicted octanol–water partition coefficient (Wildman–Crippen LogP) is 2.00. The third-order valence-corrected chi connectivity index (χ3v) is 4.20. The highest BCUT2D eigenvalue weighted by Crippen LogP contribution is 2.35. The van der Waals surface area contributed by atoms with Gasteiger partial charge in [-0.05, 0) is 29.7 Å². The number of hydrogen-bond donors (Lipinski definition) is 0. The Morgan fingerprint density at radius 2 is 1.65 bits per heavy atom. The lowest BCUT2D eigenvalue weighted by atomic mass is 10.0. The molecule has 2 aliphatic heterocycles. The van der Waals surface area contributed by atoms with E-state index in [9.17, 15) is 9.59 Å². The number of carbonyl (C=O) groups is 2. The van der Waals surface area contributed by atoms with Crippen molar-refractivity contribution < 1.29 is 19.1 Å². The molecule has 0 aliphatic carbocycles. The number of hydrogen-bond acceptors (Lipinski definition) is 4. The smallest absolute Gasteiger partial charge is 0.231 e. The molecule has 0 N–H and O–H groups in total. The van der Waals surface area contributed by atoms with Gasteiger partial charge < -0.3 is 9.47 Å². The van der Waals surface area contributed by atoms with Crippen LogP contribution in [0.25, 0.3) is 0 Å². The molecule has 6 heteroatoms. The van der Waals surface area contributed by atoms with E-state index in [0.717, 1.165) is 22.6 Å². The second-order valence-corrected chi connectivity index (χ2v) is 5.36. The fourth-order valence-corrected chi connectivity index (χ4v) is 3.01. The van der Waals surface area contributed by atoms with E-state index in [4.69, 9.17) is 9.47 Å². The molecule has 0 spiro atoms. The molecule has 2 amide bonds. The summed E-state index contributed by atoms with van der Waals surface area (Å²) < 4.78 is 10.7. The Hall–Kier alpha value is -1.56.